The lowest BCUT2D eigenvalue weighted by atomic mass is 9.96. The molecule has 4 nitrogen and oxygen atoms in total. The van der Waals surface area contributed by atoms with E-state index in [2.05, 4.69) is 90.9 Å². The average molecular weight is 356 g/mol. The Bertz CT molecular complexity index is 1090. The molecule has 0 atom stereocenters. The molecule has 0 amide bonds. The van der Waals surface area contributed by atoms with Crippen LogP contribution in [0.25, 0.3) is 28.0 Å². The van der Waals surface area contributed by atoms with E-state index in [9.17, 15) is 0 Å². The lowest BCUT2D eigenvalue weighted by molar-refractivity contribution is 0.629. The Hall–Kier alpha value is -3.14. The standard InChI is InChI=1S/C23H24N4/c1-16-9-11-17(12-10-16)18-7-5-6-8-19(18)21-22(26-23(2,3)4)27-14-13-24-15-20(27)25-21/h5-15,26H,1-4H3. The van der Waals surface area contributed by atoms with E-state index >= 15 is 0 Å². The number of rotatable bonds is 3. The molecule has 0 radical (unpaired) electrons. The summed E-state index contributed by atoms with van der Waals surface area (Å²) >= 11 is 0. The van der Waals surface area contributed by atoms with Gasteiger partial charge in [0.15, 0.2) is 5.65 Å². The second-order valence-electron chi connectivity index (χ2n) is 7.90. The highest BCUT2D eigenvalue weighted by atomic mass is 15.2. The maximum absolute atomic E-state index is 4.91. The van der Waals surface area contributed by atoms with Crippen molar-refractivity contribution in [2.24, 2.45) is 0 Å². The number of fused-ring (bicyclic) bond motifs is 1. The highest BCUT2D eigenvalue weighted by Crippen LogP contribution is 2.37. The van der Waals surface area contributed by atoms with Gasteiger partial charge in [-0.2, -0.15) is 0 Å². The molecule has 1 N–H and O–H groups in total. The SMILES string of the molecule is Cc1ccc(-c2ccccc2-c2nc3cnccn3c2NC(C)(C)C)cc1. The van der Waals surface area contributed by atoms with Crippen molar-refractivity contribution >= 4 is 11.5 Å². The van der Waals surface area contributed by atoms with Crippen LogP contribution in [-0.4, -0.2) is 19.9 Å². The minimum absolute atomic E-state index is 0.0905. The van der Waals surface area contributed by atoms with Gasteiger partial charge in [0.1, 0.15) is 11.5 Å². The van der Waals surface area contributed by atoms with E-state index in [4.69, 9.17) is 4.98 Å². The molecule has 0 spiro atoms. The molecule has 0 aliphatic carbocycles. The van der Waals surface area contributed by atoms with Crippen LogP contribution in [0.1, 0.15) is 26.3 Å². The maximum Gasteiger partial charge on any atom is 0.157 e. The summed E-state index contributed by atoms with van der Waals surface area (Å²) in [5.74, 6) is 0.986. The number of anilines is 1. The summed E-state index contributed by atoms with van der Waals surface area (Å²) in [4.78, 5) is 9.15. The largest absolute Gasteiger partial charge is 0.365 e. The molecule has 0 saturated carbocycles. The second kappa shape index (κ2) is 6.54. The van der Waals surface area contributed by atoms with Crippen LogP contribution in [0.5, 0.6) is 0 Å². The summed E-state index contributed by atoms with van der Waals surface area (Å²) in [7, 11) is 0. The first kappa shape index (κ1) is 17.3. The number of aryl methyl sites for hydroxylation is 1. The lowest BCUT2D eigenvalue weighted by Crippen LogP contribution is -2.27. The van der Waals surface area contributed by atoms with Gasteiger partial charge < -0.3 is 5.32 Å². The van der Waals surface area contributed by atoms with E-state index in [0.717, 1.165) is 22.7 Å². The fourth-order valence-corrected chi connectivity index (χ4v) is 3.24. The van der Waals surface area contributed by atoms with Crippen LogP contribution in [0.15, 0.2) is 67.1 Å². The predicted octanol–water partition coefficient (Wildman–Crippen LogP) is 5.58. The first-order chi connectivity index (χ1) is 12.9. The number of hydrogen-bond acceptors (Lipinski definition) is 3. The van der Waals surface area contributed by atoms with Gasteiger partial charge in [-0.15, -0.1) is 0 Å². The van der Waals surface area contributed by atoms with Gasteiger partial charge in [-0.3, -0.25) is 9.38 Å². The van der Waals surface area contributed by atoms with Gasteiger partial charge in [-0.25, -0.2) is 4.98 Å². The second-order valence-corrected chi connectivity index (χ2v) is 7.90. The van der Waals surface area contributed by atoms with E-state index in [1.807, 2.05) is 6.20 Å². The summed E-state index contributed by atoms with van der Waals surface area (Å²) in [6.45, 7) is 8.58. The molecule has 27 heavy (non-hydrogen) atoms. The first-order valence-electron chi connectivity index (χ1n) is 9.19. The summed E-state index contributed by atoms with van der Waals surface area (Å²) < 4.78 is 2.07. The molecule has 4 aromatic rings. The number of hydrogen-bond donors (Lipinski definition) is 1. The molecule has 0 aliphatic rings. The van der Waals surface area contributed by atoms with Crippen molar-refractivity contribution < 1.29 is 0 Å². The molecule has 2 aromatic heterocycles. The molecule has 4 heteroatoms. The minimum Gasteiger partial charge on any atom is -0.365 e. The Morgan fingerprint density at radius 2 is 1.63 bits per heavy atom. The van der Waals surface area contributed by atoms with Crippen LogP contribution in [0.3, 0.4) is 0 Å². The number of benzene rings is 2. The van der Waals surface area contributed by atoms with Gasteiger partial charge in [-0.1, -0.05) is 54.1 Å². The van der Waals surface area contributed by atoms with Crippen LogP contribution in [0, 0.1) is 6.92 Å². The number of nitrogens with one attached hydrogen (secondary N) is 1. The zero-order valence-electron chi connectivity index (χ0n) is 16.2. The van der Waals surface area contributed by atoms with Gasteiger partial charge in [0, 0.05) is 23.5 Å². The van der Waals surface area contributed by atoms with Crippen LogP contribution in [0.4, 0.5) is 5.82 Å². The Morgan fingerprint density at radius 1 is 0.926 bits per heavy atom. The Balaban J connectivity index is 1.95. The van der Waals surface area contributed by atoms with Crippen molar-refractivity contribution in [3.63, 3.8) is 0 Å². The molecule has 2 heterocycles. The highest BCUT2D eigenvalue weighted by Gasteiger charge is 2.21. The molecule has 0 aliphatic heterocycles. The number of nitrogens with zero attached hydrogens (tertiary/aromatic N) is 3. The molecule has 0 saturated heterocycles. The minimum atomic E-state index is -0.0905. The summed E-state index contributed by atoms with van der Waals surface area (Å²) in [6.07, 6.45) is 5.54. The van der Waals surface area contributed by atoms with Crippen molar-refractivity contribution in [1.82, 2.24) is 14.4 Å². The maximum atomic E-state index is 4.91. The van der Waals surface area contributed by atoms with E-state index in [-0.39, 0.29) is 5.54 Å². The van der Waals surface area contributed by atoms with E-state index in [1.165, 1.54) is 16.7 Å². The molecule has 0 fully saturated rings. The Morgan fingerprint density at radius 3 is 2.33 bits per heavy atom. The van der Waals surface area contributed by atoms with E-state index < -0.39 is 0 Å². The molecular formula is C23H24N4. The number of aromatic nitrogens is 3. The fourth-order valence-electron chi connectivity index (χ4n) is 3.24. The zero-order valence-corrected chi connectivity index (χ0v) is 16.2. The van der Waals surface area contributed by atoms with Crippen molar-refractivity contribution in [1.29, 1.82) is 0 Å². The van der Waals surface area contributed by atoms with Crippen molar-refractivity contribution in [2.75, 3.05) is 5.32 Å². The van der Waals surface area contributed by atoms with E-state index in [0.29, 0.717) is 0 Å². The van der Waals surface area contributed by atoms with Gasteiger partial charge in [0.25, 0.3) is 0 Å². The van der Waals surface area contributed by atoms with Crippen LogP contribution >= 0.6 is 0 Å². The smallest absolute Gasteiger partial charge is 0.157 e. The average Bonchev–Trinajstić information content (AvgIpc) is 2.99. The monoisotopic (exact) mass is 356 g/mol. The van der Waals surface area contributed by atoms with Gasteiger partial charge >= 0.3 is 0 Å². The van der Waals surface area contributed by atoms with Gasteiger partial charge in [0.05, 0.1) is 6.20 Å². The van der Waals surface area contributed by atoms with E-state index in [1.54, 1.807) is 12.4 Å². The Labute approximate surface area is 159 Å². The molecule has 0 unspecified atom stereocenters. The van der Waals surface area contributed by atoms with Crippen molar-refractivity contribution in [2.45, 2.75) is 33.2 Å². The van der Waals surface area contributed by atoms with Crippen LogP contribution in [-0.2, 0) is 0 Å². The molecule has 2 aromatic carbocycles. The fraction of sp³-hybridized carbons (Fsp3) is 0.217. The first-order valence-corrected chi connectivity index (χ1v) is 9.19. The number of imidazole rings is 1. The normalized spacial score (nSPS) is 11.7. The third kappa shape index (κ3) is 3.43. The molecule has 0 bridgehead atoms. The van der Waals surface area contributed by atoms with Gasteiger partial charge in [0.2, 0.25) is 0 Å². The summed E-state index contributed by atoms with van der Waals surface area (Å²) in [5.41, 5.74) is 6.40. The molecule has 4 rings (SSSR count). The summed E-state index contributed by atoms with van der Waals surface area (Å²) in [5, 5.41) is 3.63. The molecular weight excluding hydrogens is 332 g/mol. The predicted molar refractivity (Wildman–Crippen MR) is 112 cm³/mol. The topological polar surface area (TPSA) is 42.2 Å². The Kier molecular flexibility index (Phi) is 4.19. The highest BCUT2D eigenvalue weighted by molar-refractivity contribution is 5.88. The van der Waals surface area contributed by atoms with Crippen LogP contribution < -0.4 is 5.32 Å². The third-order valence-corrected chi connectivity index (χ3v) is 4.47. The lowest BCUT2D eigenvalue weighted by Gasteiger charge is -2.23. The van der Waals surface area contributed by atoms with Gasteiger partial charge in [-0.05, 0) is 38.8 Å². The van der Waals surface area contributed by atoms with Crippen molar-refractivity contribution in [3.05, 3.63) is 72.7 Å². The van der Waals surface area contributed by atoms with Crippen molar-refractivity contribution in [3.8, 4) is 22.4 Å². The third-order valence-electron chi connectivity index (χ3n) is 4.47. The van der Waals surface area contributed by atoms with Crippen LogP contribution in [0.2, 0.25) is 0 Å². The molecule has 136 valence electrons. The quantitative estimate of drug-likeness (QED) is 0.521. The summed E-state index contributed by atoms with van der Waals surface area (Å²) in [6, 6.07) is 17.1. The zero-order chi connectivity index (χ0) is 19.0.